The first-order valence-corrected chi connectivity index (χ1v) is 10.8. The average molecular weight is 530 g/mol. The number of aromatic nitrogens is 4. The van der Waals surface area contributed by atoms with Crippen molar-refractivity contribution < 1.29 is 4.74 Å². The summed E-state index contributed by atoms with van der Waals surface area (Å²) in [5.74, 6) is 1.63. The van der Waals surface area contributed by atoms with Crippen molar-refractivity contribution in [2.45, 2.75) is 51.6 Å². The number of anilines is 1. The van der Waals surface area contributed by atoms with Gasteiger partial charge in [-0.15, -0.1) is 24.0 Å². The van der Waals surface area contributed by atoms with Crippen molar-refractivity contribution in [2.24, 2.45) is 12.0 Å². The summed E-state index contributed by atoms with van der Waals surface area (Å²) < 4.78 is 7.71. The second-order valence-corrected chi connectivity index (χ2v) is 7.33. The Morgan fingerprint density at radius 2 is 2.03 bits per heavy atom. The maximum absolute atomic E-state index is 5.97. The van der Waals surface area contributed by atoms with Crippen LogP contribution in [0.4, 0.5) is 5.82 Å². The summed E-state index contributed by atoms with van der Waals surface area (Å²) in [6.45, 7) is 5.91. The van der Waals surface area contributed by atoms with E-state index in [1.165, 1.54) is 32.1 Å². The fraction of sp³-hybridized carbons (Fsp3) is 0.700. The number of nitrogens with one attached hydrogen (secondary N) is 3. The van der Waals surface area contributed by atoms with E-state index in [0.29, 0.717) is 6.10 Å². The largest absolute Gasteiger partial charge is 0.378 e. The molecule has 3 N–H and O–H groups in total. The smallest absolute Gasteiger partial charge is 0.191 e. The lowest BCUT2D eigenvalue weighted by Crippen LogP contribution is -2.39. The summed E-state index contributed by atoms with van der Waals surface area (Å²) in [4.78, 5) is 13.2. The lowest BCUT2D eigenvalue weighted by Gasteiger charge is -2.21. The molecule has 0 saturated heterocycles. The lowest BCUT2D eigenvalue weighted by atomic mass is 9.98. The fourth-order valence-electron chi connectivity index (χ4n) is 3.54. The van der Waals surface area contributed by atoms with Gasteiger partial charge in [-0.25, -0.2) is 9.97 Å². The van der Waals surface area contributed by atoms with Gasteiger partial charge in [0.25, 0.3) is 0 Å². The highest BCUT2D eigenvalue weighted by molar-refractivity contribution is 14.0. The zero-order valence-electron chi connectivity index (χ0n) is 18.1. The number of rotatable bonds is 10. The molecule has 0 spiro atoms. The van der Waals surface area contributed by atoms with E-state index in [-0.39, 0.29) is 24.0 Å². The number of ether oxygens (including phenoxy) is 1. The molecule has 0 bridgehead atoms. The molecule has 1 aliphatic carbocycles. The van der Waals surface area contributed by atoms with Crippen LogP contribution in [0, 0.1) is 0 Å². The Balaban J connectivity index is 0.00000320. The topological polar surface area (TPSA) is 101 Å². The van der Waals surface area contributed by atoms with E-state index in [4.69, 9.17) is 4.74 Å². The summed E-state index contributed by atoms with van der Waals surface area (Å²) >= 11 is 0. The standard InChI is InChI=1S/C20H34N8O.HI/c1-3-21-20(23-10-7-13-29-16-8-5-4-6-9-16)24-12-11-22-18-17-14-27-28(2)19(17)26-15-25-18;/h14-16H,3-13H2,1-2H3,(H2,21,23,24)(H,22,25,26);1H. The van der Waals surface area contributed by atoms with Crippen LogP contribution in [-0.4, -0.2) is 64.6 Å². The van der Waals surface area contributed by atoms with E-state index in [9.17, 15) is 0 Å². The molecule has 0 unspecified atom stereocenters. The van der Waals surface area contributed by atoms with E-state index in [1.807, 2.05) is 7.05 Å². The molecule has 9 nitrogen and oxygen atoms in total. The molecular formula is C20H35IN8O. The maximum Gasteiger partial charge on any atom is 0.191 e. The van der Waals surface area contributed by atoms with E-state index in [0.717, 1.165) is 62.0 Å². The highest BCUT2D eigenvalue weighted by Crippen LogP contribution is 2.20. The Morgan fingerprint density at radius 3 is 2.83 bits per heavy atom. The predicted octanol–water partition coefficient (Wildman–Crippen LogP) is 2.69. The van der Waals surface area contributed by atoms with Crippen LogP contribution in [0.3, 0.4) is 0 Å². The molecular weight excluding hydrogens is 495 g/mol. The summed E-state index contributed by atoms with van der Waals surface area (Å²) in [5.41, 5.74) is 0.820. The van der Waals surface area contributed by atoms with Gasteiger partial charge in [0, 0.05) is 39.8 Å². The van der Waals surface area contributed by atoms with Crippen LogP contribution in [0.15, 0.2) is 17.5 Å². The molecule has 3 rings (SSSR count). The van der Waals surface area contributed by atoms with Crippen LogP contribution < -0.4 is 16.0 Å². The van der Waals surface area contributed by atoms with E-state index in [2.05, 4.69) is 42.9 Å². The maximum atomic E-state index is 5.97. The molecule has 10 heteroatoms. The minimum atomic E-state index is 0. The molecule has 1 fully saturated rings. The Labute approximate surface area is 195 Å². The van der Waals surface area contributed by atoms with Gasteiger partial charge in [0.15, 0.2) is 11.6 Å². The zero-order valence-corrected chi connectivity index (χ0v) is 20.4. The Kier molecular flexibility index (Phi) is 11.1. The van der Waals surface area contributed by atoms with Crippen LogP contribution in [-0.2, 0) is 11.8 Å². The normalized spacial score (nSPS) is 15.1. The zero-order chi connectivity index (χ0) is 20.3. The minimum absolute atomic E-state index is 0. The summed E-state index contributed by atoms with van der Waals surface area (Å²) in [5, 5.41) is 15.1. The van der Waals surface area contributed by atoms with Gasteiger partial charge in [-0.05, 0) is 26.2 Å². The molecule has 0 amide bonds. The molecule has 2 heterocycles. The van der Waals surface area contributed by atoms with Gasteiger partial charge in [0.2, 0.25) is 0 Å². The molecule has 1 saturated carbocycles. The van der Waals surface area contributed by atoms with E-state index >= 15 is 0 Å². The number of aliphatic imine (C=N–C) groups is 1. The van der Waals surface area contributed by atoms with Crippen molar-refractivity contribution in [1.29, 1.82) is 0 Å². The van der Waals surface area contributed by atoms with Gasteiger partial charge < -0.3 is 20.7 Å². The van der Waals surface area contributed by atoms with Crippen LogP contribution in [0.1, 0.15) is 45.4 Å². The van der Waals surface area contributed by atoms with Crippen molar-refractivity contribution in [3.63, 3.8) is 0 Å². The molecule has 168 valence electrons. The summed E-state index contributed by atoms with van der Waals surface area (Å²) in [6.07, 6.45) is 11.2. The second kappa shape index (κ2) is 13.6. The fourth-order valence-corrected chi connectivity index (χ4v) is 3.54. The summed E-state index contributed by atoms with van der Waals surface area (Å²) in [7, 11) is 1.88. The number of fused-ring (bicyclic) bond motifs is 1. The number of aryl methyl sites for hydroxylation is 1. The number of nitrogens with zero attached hydrogens (tertiary/aromatic N) is 5. The Hall–Kier alpha value is -1.69. The highest BCUT2D eigenvalue weighted by Gasteiger charge is 2.13. The van der Waals surface area contributed by atoms with Crippen molar-refractivity contribution in [2.75, 3.05) is 38.1 Å². The number of guanidine groups is 1. The Bertz CT molecular complexity index is 775. The number of hydrogen-bond donors (Lipinski definition) is 3. The first kappa shape index (κ1) is 24.6. The Morgan fingerprint density at radius 1 is 1.20 bits per heavy atom. The second-order valence-electron chi connectivity index (χ2n) is 7.33. The molecule has 0 atom stereocenters. The third kappa shape index (κ3) is 7.53. The van der Waals surface area contributed by atoms with Gasteiger partial charge in [-0.3, -0.25) is 9.67 Å². The third-order valence-electron chi connectivity index (χ3n) is 5.06. The van der Waals surface area contributed by atoms with Gasteiger partial charge in [0.1, 0.15) is 12.1 Å². The number of halogens is 1. The quantitative estimate of drug-likeness (QED) is 0.188. The van der Waals surface area contributed by atoms with E-state index < -0.39 is 0 Å². The van der Waals surface area contributed by atoms with Crippen LogP contribution in [0.25, 0.3) is 11.0 Å². The van der Waals surface area contributed by atoms with Crippen LogP contribution in [0.5, 0.6) is 0 Å². The van der Waals surface area contributed by atoms with E-state index in [1.54, 1.807) is 17.2 Å². The average Bonchev–Trinajstić information content (AvgIpc) is 3.13. The van der Waals surface area contributed by atoms with Crippen molar-refractivity contribution in [3.8, 4) is 0 Å². The van der Waals surface area contributed by atoms with Crippen molar-refractivity contribution in [1.82, 2.24) is 30.4 Å². The summed E-state index contributed by atoms with van der Waals surface area (Å²) in [6, 6.07) is 0. The molecule has 2 aromatic heterocycles. The predicted molar refractivity (Wildman–Crippen MR) is 132 cm³/mol. The van der Waals surface area contributed by atoms with Crippen LogP contribution in [0.2, 0.25) is 0 Å². The monoisotopic (exact) mass is 530 g/mol. The third-order valence-corrected chi connectivity index (χ3v) is 5.06. The molecule has 0 aromatic carbocycles. The molecule has 30 heavy (non-hydrogen) atoms. The number of hydrogen-bond acceptors (Lipinski definition) is 6. The van der Waals surface area contributed by atoms with Gasteiger partial charge in [0.05, 0.1) is 17.7 Å². The van der Waals surface area contributed by atoms with Gasteiger partial charge in [-0.2, -0.15) is 5.10 Å². The highest BCUT2D eigenvalue weighted by atomic mass is 127. The SMILES string of the molecule is CCNC(=NCCCOC1CCCCC1)NCCNc1ncnc2c1cnn2C.I. The lowest BCUT2D eigenvalue weighted by molar-refractivity contribution is 0.0281. The molecule has 0 radical (unpaired) electrons. The molecule has 0 aliphatic heterocycles. The van der Waals surface area contributed by atoms with Gasteiger partial charge >= 0.3 is 0 Å². The van der Waals surface area contributed by atoms with Crippen molar-refractivity contribution in [3.05, 3.63) is 12.5 Å². The first-order valence-electron chi connectivity index (χ1n) is 10.8. The minimum Gasteiger partial charge on any atom is -0.378 e. The van der Waals surface area contributed by atoms with Crippen molar-refractivity contribution >= 4 is 46.8 Å². The van der Waals surface area contributed by atoms with Crippen LogP contribution >= 0.6 is 24.0 Å². The molecule has 1 aliphatic rings. The molecule has 2 aromatic rings. The van der Waals surface area contributed by atoms with Gasteiger partial charge in [-0.1, -0.05) is 19.3 Å². The first-order chi connectivity index (χ1) is 14.3.